The predicted octanol–water partition coefficient (Wildman–Crippen LogP) is 3.05. The predicted molar refractivity (Wildman–Crippen MR) is 75.2 cm³/mol. The summed E-state index contributed by atoms with van der Waals surface area (Å²) >= 11 is 0. The van der Waals surface area contributed by atoms with E-state index in [1.165, 1.54) is 36.4 Å². The van der Waals surface area contributed by atoms with Gasteiger partial charge in [-0.2, -0.15) is 0 Å². The zero-order valence-electron chi connectivity index (χ0n) is 11.3. The second-order valence-electron chi connectivity index (χ2n) is 4.63. The molecule has 0 aliphatic rings. The van der Waals surface area contributed by atoms with Crippen molar-refractivity contribution in [3.8, 4) is 16.9 Å². The van der Waals surface area contributed by atoms with E-state index in [9.17, 15) is 22.8 Å². The Balaban J connectivity index is 2.00. The Morgan fingerprint density at radius 2 is 1.61 bits per heavy atom. The van der Waals surface area contributed by atoms with Crippen LogP contribution in [0.5, 0.6) is 5.75 Å². The van der Waals surface area contributed by atoms with Crippen molar-refractivity contribution in [2.75, 3.05) is 0 Å². The molecule has 0 aliphatic heterocycles. The van der Waals surface area contributed by atoms with Gasteiger partial charge in [-0.25, -0.2) is 9.59 Å². The first-order valence-corrected chi connectivity index (χ1v) is 6.35. The summed E-state index contributed by atoms with van der Waals surface area (Å²) in [6.45, 7) is 0. The number of H-pyrrole nitrogens is 1. The average Bonchev–Trinajstić information content (AvgIpc) is 2.46. The van der Waals surface area contributed by atoms with Crippen molar-refractivity contribution in [1.82, 2.24) is 4.98 Å². The van der Waals surface area contributed by atoms with E-state index in [0.29, 0.717) is 16.6 Å². The number of hydrogen-bond donors (Lipinski definition) is 1. The van der Waals surface area contributed by atoms with Crippen LogP contribution in [-0.2, 0) is 0 Å². The van der Waals surface area contributed by atoms with Gasteiger partial charge in [0.1, 0.15) is 5.75 Å². The molecule has 0 unspecified atom stereocenters. The summed E-state index contributed by atoms with van der Waals surface area (Å²) in [4.78, 5) is 25.1. The molecule has 8 heteroatoms. The monoisotopic (exact) mass is 323 g/mol. The van der Waals surface area contributed by atoms with Crippen molar-refractivity contribution in [3.05, 3.63) is 63.4 Å². The molecule has 0 saturated carbocycles. The highest BCUT2D eigenvalue weighted by Crippen LogP contribution is 2.27. The zero-order valence-corrected chi connectivity index (χ0v) is 11.3. The lowest BCUT2D eigenvalue weighted by Crippen LogP contribution is -2.16. The van der Waals surface area contributed by atoms with E-state index in [0.717, 1.165) is 0 Å². The molecular weight excluding hydrogens is 315 g/mol. The molecule has 0 amide bonds. The van der Waals surface area contributed by atoms with Gasteiger partial charge in [0.2, 0.25) is 0 Å². The topological polar surface area (TPSA) is 72.3 Å². The molecule has 3 aromatic rings. The Hall–Kier alpha value is -3.03. The summed E-state index contributed by atoms with van der Waals surface area (Å²) in [5, 5.41) is 0.165. The van der Waals surface area contributed by atoms with Gasteiger partial charge in [0.25, 0.3) is 0 Å². The smallest absolute Gasteiger partial charge is 0.406 e. The molecule has 0 fully saturated rings. The maximum absolute atomic E-state index is 12.1. The molecule has 23 heavy (non-hydrogen) atoms. The molecule has 1 N–H and O–H groups in total. The van der Waals surface area contributed by atoms with Gasteiger partial charge in [-0.05, 0) is 35.4 Å². The lowest BCUT2D eigenvalue weighted by molar-refractivity contribution is -0.274. The minimum absolute atomic E-state index is 0.165. The number of benzene rings is 2. The van der Waals surface area contributed by atoms with Crippen molar-refractivity contribution in [1.29, 1.82) is 0 Å². The van der Waals surface area contributed by atoms with Crippen LogP contribution in [0.15, 0.2) is 56.5 Å². The van der Waals surface area contributed by atoms with Crippen molar-refractivity contribution in [2.45, 2.75) is 6.36 Å². The highest BCUT2D eigenvalue weighted by atomic mass is 19.4. The highest BCUT2D eigenvalue weighted by Gasteiger charge is 2.30. The van der Waals surface area contributed by atoms with Crippen LogP contribution in [-0.4, -0.2) is 11.3 Å². The van der Waals surface area contributed by atoms with Crippen LogP contribution in [0, 0.1) is 0 Å². The van der Waals surface area contributed by atoms with Crippen molar-refractivity contribution < 1.29 is 22.3 Å². The van der Waals surface area contributed by atoms with Crippen LogP contribution in [0.25, 0.3) is 22.0 Å². The molecule has 118 valence electrons. The molecule has 2 aromatic carbocycles. The van der Waals surface area contributed by atoms with Crippen LogP contribution in [0.2, 0.25) is 0 Å². The number of halogens is 3. The SMILES string of the molecule is O=c1[nH]c2ccc(-c3ccc(OC(F)(F)F)cc3)cc2c(=O)o1. The minimum atomic E-state index is -4.75. The normalized spacial score (nSPS) is 11.6. The lowest BCUT2D eigenvalue weighted by Gasteiger charge is -2.09. The standard InChI is InChI=1S/C15H8F3NO4/c16-15(17,18)23-10-4-1-8(2-5-10)9-3-6-12-11(7-9)13(20)22-14(21)19-12/h1-7H,(H,19,21). The van der Waals surface area contributed by atoms with Gasteiger partial charge in [-0.15, -0.1) is 13.2 Å². The van der Waals surface area contributed by atoms with E-state index in [-0.39, 0.29) is 11.1 Å². The minimum Gasteiger partial charge on any atom is -0.406 e. The molecule has 0 bridgehead atoms. The van der Waals surface area contributed by atoms with E-state index in [4.69, 9.17) is 0 Å². The second-order valence-corrected chi connectivity index (χ2v) is 4.63. The summed E-state index contributed by atoms with van der Waals surface area (Å²) in [6.07, 6.45) is -4.75. The Labute approximate surface area is 125 Å². The average molecular weight is 323 g/mol. The van der Waals surface area contributed by atoms with E-state index < -0.39 is 17.7 Å². The number of nitrogens with one attached hydrogen (secondary N) is 1. The number of rotatable bonds is 2. The molecule has 0 spiro atoms. The first-order valence-electron chi connectivity index (χ1n) is 6.35. The van der Waals surface area contributed by atoms with E-state index in [2.05, 4.69) is 14.1 Å². The third-order valence-electron chi connectivity index (χ3n) is 3.08. The molecule has 0 radical (unpaired) electrons. The Morgan fingerprint density at radius 3 is 2.26 bits per heavy atom. The lowest BCUT2D eigenvalue weighted by atomic mass is 10.0. The van der Waals surface area contributed by atoms with Crippen LogP contribution in [0.4, 0.5) is 13.2 Å². The third-order valence-corrected chi connectivity index (χ3v) is 3.08. The second kappa shape index (κ2) is 5.31. The number of alkyl halides is 3. The van der Waals surface area contributed by atoms with Crippen LogP contribution in [0.1, 0.15) is 0 Å². The fourth-order valence-electron chi connectivity index (χ4n) is 2.13. The quantitative estimate of drug-likeness (QED) is 0.787. The first kappa shape index (κ1) is 14.9. The molecule has 0 saturated heterocycles. The number of aromatic amines is 1. The van der Waals surface area contributed by atoms with Gasteiger partial charge < -0.3 is 9.15 Å². The van der Waals surface area contributed by atoms with Crippen molar-refractivity contribution >= 4 is 10.9 Å². The highest BCUT2D eigenvalue weighted by molar-refractivity contribution is 5.83. The van der Waals surface area contributed by atoms with Crippen LogP contribution >= 0.6 is 0 Å². The zero-order chi connectivity index (χ0) is 16.6. The maximum Gasteiger partial charge on any atom is 0.573 e. The third kappa shape index (κ3) is 3.25. The molecule has 1 heterocycles. The van der Waals surface area contributed by atoms with Gasteiger partial charge in [-0.3, -0.25) is 4.98 Å². The fraction of sp³-hybridized carbons (Fsp3) is 0.0667. The molecule has 0 atom stereocenters. The fourth-order valence-corrected chi connectivity index (χ4v) is 2.13. The Bertz CT molecular complexity index is 971. The van der Waals surface area contributed by atoms with Gasteiger partial charge in [-0.1, -0.05) is 18.2 Å². The van der Waals surface area contributed by atoms with Crippen molar-refractivity contribution in [3.63, 3.8) is 0 Å². The van der Waals surface area contributed by atoms with E-state index in [1.807, 2.05) is 0 Å². The Kier molecular flexibility index (Phi) is 3.44. The van der Waals surface area contributed by atoms with E-state index >= 15 is 0 Å². The maximum atomic E-state index is 12.1. The largest absolute Gasteiger partial charge is 0.573 e. The summed E-state index contributed by atoms with van der Waals surface area (Å²) < 4.78 is 44.6. The van der Waals surface area contributed by atoms with E-state index in [1.54, 1.807) is 6.07 Å². The number of ether oxygens (including phenoxy) is 1. The molecule has 1 aromatic heterocycles. The van der Waals surface area contributed by atoms with Gasteiger partial charge in [0.05, 0.1) is 10.9 Å². The number of hydrogen-bond acceptors (Lipinski definition) is 4. The first-order chi connectivity index (χ1) is 10.8. The molecule has 0 aliphatic carbocycles. The van der Waals surface area contributed by atoms with Crippen molar-refractivity contribution in [2.24, 2.45) is 0 Å². The molecular formula is C15H8F3NO4. The van der Waals surface area contributed by atoms with Gasteiger partial charge >= 0.3 is 17.7 Å². The van der Waals surface area contributed by atoms with Crippen LogP contribution in [0.3, 0.4) is 0 Å². The Morgan fingerprint density at radius 1 is 0.957 bits per heavy atom. The van der Waals surface area contributed by atoms with Gasteiger partial charge in [0, 0.05) is 0 Å². The molecule has 5 nitrogen and oxygen atoms in total. The van der Waals surface area contributed by atoms with Crippen LogP contribution < -0.4 is 16.1 Å². The summed E-state index contributed by atoms with van der Waals surface area (Å²) in [5.41, 5.74) is 0.678. The summed E-state index contributed by atoms with van der Waals surface area (Å²) in [5.74, 6) is -1.20. The molecule has 3 rings (SSSR count). The summed E-state index contributed by atoms with van der Waals surface area (Å²) in [7, 11) is 0. The number of fused-ring (bicyclic) bond motifs is 1. The van der Waals surface area contributed by atoms with Gasteiger partial charge in [0.15, 0.2) is 0 Å². The summed E-state index contributed by atoms with van der Waals surface area (Å²) in [6, 6.07) is 9.81. The number of aromatic nitrogens is 1.